The molecule has 3 aromatic rings. The fraction of sp³-hybridized carbons (Fsp3) is 0.333. The van der Waals surface area contributed by atoms with Crippen LogP contribution in [0.3, 0.4) is 0 Å². The molecule has 3 heterocycles. The zero-order valence-corrected chi connectivity index (χ0v) is 13.4. The number of halogens is 1. The van der Waals surface area contributed by atoms with E-state index in [9.17, 15) is 0 Å². The van der Waals surface area contributed by atoms with E-state index in [1.54, 1.807) is 0 Å². The highest BCUT2D eigenvalue weighted by Gasteiger charge is 2.17. The van der Waals surface area contributed by atoms with Crippen molar-refractivity contribution in [2.45, 2.75) is 32.4 Å². The molecule has 0 amide bonds. The number of nitrogens with zero attached hydrogens (tertiary/aromatic N) is 3. The lowest BCUT2D eigenvalue weighted by Gasteiger charge is -2.15. The molecule has 0 aliphatic rings. The van der Waals surface area contributed by atoms with Gasteiger partial charge >= 0.3 is 0 Å². The van der Waals surface area contributed by atoms with Crippen molar-refractivity contribution in [3.8, 4) is 0 Å². The second kappa shape index (κ2) is 6.41. The minimum atomic E-state index is 0.149. The number of rotatable bonds is 6. The third-order valence-corrected chi connectivity index (χ3v) is 3.81. The summed E-state index contributed by atoms with van der Waals surface area (Å²) in [6.07, 6.45) is 4.07. The van der Waals surface area contributed by atoms with Crippen molar-refractivity contribution < 1.29 is 4.42 Å². The van der Waals surface area contributed by atoms with Crippen LogP contribution in [0.2, 0.25) is 0 Å². The molecule has 0 aliphatic carbocycles. The van der Waals surface area contributed by atoms with Gasteiger partial charge in [0.1, 0.15) is 5.76 Å². The molecular weight excluding hydrogens is 332 g/mol. The first-order chi connectivity index (χ1) is 10.3. The fourth-order valence-electron chi connectivity index (χ4n) is 2.38. The summed E-state index contributed by atoms with van der Waals surface area (Å²) in [5.74, 6) is 1.84. The van der Waals surface area contributed by atoms with E-state index >= 15 is 0 Å². The Balaban J connectivity index is 1.80. The molecule has 5 nitrogen and oxygen atoms in total. The largest absolute Gasteiger partial charge is 0.453 e. The molecule has 0 saturated heterocycles. The van der Waals surface area contributed by atoms with Gasteiger partial charge in [0.25, 0.3) is 0 Å². The Bertz CT molecular complexity index is 721. The topological polar surface area (TPSA) is 55.4 Å². The Labute approximate surface area is 131 Å². The number of fused-ring (bicyclic) bond motifs is 1. The van der Waals surface area contributed by atoms with Crippen molar-refractivity contribution >= 4 is 21.6 Å². The van der Waals surface area contributed by atoms with Crippen LogP contribution in [0.4, 0.5) is 0 Å². The van der Waals surface area contributed by atoms with Gasteiger partial charge in [-0.1, -0.05) is 19.4 Å². The van der Waals surface area contributed by atoms with Crippen molar-refractivity contribution in [2.75, 3.05) is 0 Å². The Morgan fingerprint density at radius 1 is 1.29 bits per heavy atom. The molecule has 6 heteroatoms. The highest BCUT2D eigenvalue weighted by molar-refractivity contribution is 9.10. The molecule has 0 aromatic carbocycles. The molecule has 3 rings (SSSR count). The normalized spacial score (nSPS) is 12.9. The lowest BCUT2D eigenvalue weighted by molar-refractivity contribution is 0.413. The van der Waals surface area contributed by atoms with Crippen molar-refractivity contribution in [2.24, 2.45) is 0 Å². The molecular formula is C15H17BrN4O. The highest BCUT2D eigenvalue weighted by Crippen LogP contribution is 2.20. The van der Waals surface area contributed by atoms with Crippen LogP contribution in [-0.2, 0) is 6.54 Å². The molecule has 0 spiro atoms. The average molecular weight is 349 g/mol. The van der Waals surface area contributed by atoms with E-state index in [0.29, 0.717) is 6.54 Å². The third kappa shape index (κ3) is 3.16. The maximum Gasteiger partial charge on any atom is 0.169 e. The van der Waals surface area contributed by atoms with Gasteiger partial charge in [0.05, 0.1) is 12.6 Å². The van der Waals surface area contributed by atoms with Crippen molar-refractivity contribution in [3.05, 3.63) is 52.8 Å². The summed E-state index contributed by atoms with van der Waals surface area (Å²) >= 11 is 3.32. The third-order valence-electron chi connectivity index (χ3n) is 3.38. The predicted molar refractivity (Wildman–Crippen MR) is 83.9 cm³/mol. The molecule has 0 bridgehead atoms. The molecule has 0 saturated carbocycles. The van der Waals surface area contributed by atoms with Crippen molar-refractivity contribution in [3.63, 3.8) is 0 Å². The highest BCUT2D eigenvalue weighted by atomic mass is 79.9. The van der Waals surface area contributed by atoms with Crippen molar-refractivity contribution in [1.82, 2.24) is 19.9 Å². The van der Waals surface area contributed by atoms with Crippen LogP contribution >= 0.6 is 15.9 Å². The molecule has 1 atom stereocenters. The van der Waals surface area contributed by atoms with E-state index < -0.39 is 0 Å². The minimum Gasteiger partial charge on any atom is -0.453 e. The number of hydrogen-bond acceptors (Lipinski definition) is 4. The first kappa shape index (κ1) is 14.3. The Morgan fingerprint density at radius 3 is 2.95 bits per heavy atom. The Morgan fingerprint density at radius 2 is 2.19 bits per heavy atom. The van der Waals surface area contributed by atoms with Crippen LogP contribution in [0.1, 0.15) is 37.4 Å². The lowest BCUT2D eigenvalue weighted by Crippen LogP contribution is -2.22. The molecule has 0 unspecified atom stereocenters. The zero-order valence-electron chi connectivity index (χ0n) is 11.8. The second-order valence-corrected chi connectivity index (χ2v) is 5.70. The van der Waals surface area contributed by atoms with Gasteiger partial charge in [0, 0.05) is 6.20 Å². The second-order valence-electron chi connectivity index (χ2n) is 4.92. The molecule has 3 aromatic heterocycles. The minimum absolute atomic E-state index is 0.149. The van der Waals surface area contributed by atoms with E-state index in [2.05, 4.69) is 38.4 Å². The molecule has 1 N–H and O–H groups in total. The van der Waals surface area contributed by atoms with Gasteiger partial charge < -0.3 is 9.73 Å². The summed E-state index contributed by atoms with van der Waals surface area (Å²) in [5, 5.41) is 12.1. The summed E-state index contributed by atoms with van der Waals surface area (Å²) in [6.45, 7) is 2.83. The van der Waals surface area contributed by atoms with Crippen LogP contribution in [-0.4, -0.2) is 14.6 Å². The first-order valence-corrected chi connectivity index (χ1v) is 7.84. The molecule has 21 heavy (non-hydrogen) atoms. The number of furan rings is 1. The van der Waals surface area contributed by atoms with Gasteiger partial charge in [-0.25, -0.2) is 0 Å². The zero-order chi connectivity index (χ0) is 14.7. The maximum absolute atomic E-state index is 5.53. The van der Waals surface area contributed by atoms with Crippen LogP contribution in [0.15, 0.2) is 45.6 Å². The van der Waals surface area contributed by atoms with E-state index in [-0.39, 0.29) is 6.04 Å². The predicted octanol–water partition coefficient (Wildman–Crippen LogP) is 3.72. The van der Waals surface area contributed by atoms with Crippen molar-refractivity contribution in [1.29, 1.82) is 0 Å². The van der Waals surface area contributed by atoms with E-state index in [1.165, 1.54) is 0 Å². The van der Waals surface area contributed by atoms with Gasteiger partial charge in [0.15, 0.2) is 16.1 Å². The van der Waals surface area contributed by atoms with Gasteiger partial charge in [-0.2, -0.15) is 0 Å². The number of nitrogens with one attached hydrogen (secondary N) is 1. The molecule has 110 valence electrons. The van der Waals surface area contributed by atoms with Crippen LogP contribution in [0, 0.1) is 0 Å². The molecule has 0 aliphatic heterocycles. The fourth-order valence-corrected chi connectivity index (χ4v) is 2.72. The monoisotopic (exact) mass is 348 g/mol. The molecule has 0 fully saturated rings. The Kier molecular flexibility index (Phi) is 4.36. The summed E-state index contributed by atoms with van der Waals surface area (Å²) in [7, 11) is 0. The number of pyridine rings is 1. The van der Waals surface area contributed by atoms with E-state index in [1.807, 2.05) is 40.9 Å². The lowest BCUT2D eigenvalue weighted by atomic mass is 10.1. The standard InChI is InChI=1S/C15H17BrN4O/c1-2-5-12(17-10-11-7-8-13(16)21-11)15-19-18-14-6-3-4-9-20(14)15/h3-4,6-9,12,17H,2,5,10H2,1H3/t12-/m1/s1. The summed E-state index contributed by atoms with van der Waals surface area (Å²) in [5.41, 5.74) is 0.871. The smallest absolute Gasteiger partial charge is 0.169 e. The summed E-state index contributed by atoms with van der Waals surface area (Å²) < 4.78 is 8.31. The first-order valence-electron chi connectivity index (χ1n) is 7.05. The van der Waals surface area contributed by atoms with E-state index in [0.717, 1.165) is 34.7 Å². The summed E-state index contributed by atoms with van der Waals surface area (Å²) in [6, 6.07) is 9.93. The SMILES string of the molecule is CCC[C@@H](NCc1ccc(Br)o1)c1nnc2ccccn12. The number of hydrogen-bond donors (Lipinski definition) is 1. The van der Waals surface area contributed by atoms with E-state index in [4.69, 9.17) is 4.42 Å². The summed E-state index contributed by atoms with van der Waals surface area (Å²) in [4.78, 5) is 0. The van der Waals surface area contributed by atoms with Gasteiger partial charge in [-0.05, 0) is 46.6 Å². The van der Waals surface area contributed by atoms with Gasteiger partial charge in [0.2, 0.25) is 0 Å². The number of aromatic nitrogens is 3. The molecule has 0 radical (unpaired) electrons. The van der Waals surface area contributed by atoms with Gasteiger partial charge in [-0.3, -0.25) is 4.40 Å². The van der Waals surface area contributed by atoms with Crippen LogP contribution in [0.25, 0.3) is 5.65 Å². The quantitative estimate of drug-likeness (QED) is 0.737. The van der Waals surface area contributed by atoms with Gasteiger partial charge in [-0.15, -0.1) is 10.2 Å². The Hall–Kier alpha value is -1.66. The van der Waals surface area contributed by atoms with Crippen LogP contribution in [0.5, 0.6) is 0 Å². The average Bonchev–Trinajstić information content (AvgIpc) is 3.10. The maximum atomic E-state index is 5.53. The van der Waals surface area contributed by atoms with Crippen LogP contribution < -0.4 is 5.32 Å².